The molecule has 0 unspecified atom stereocenters. The van der Waals surface area contributed by atoms with Crippen molar-refractivity contribution in [1.29, 1.82) is 0 Å². The predicted molar refractivity (Wildman–Crippen MR) is 50.8 cm³/mol. The number of aliphatic hydroxyl groups excluding tert-OH is 1. The van der Waals surface area contributed by atoms with Crippen molar-refractivity contribution in [2.24, 2.45) is 0 Å². The lowest BCUT2D eigenvalue weighted by Gasteiger charge is -1.88. The summed E-state index contributed by atoms with van der Waals surface area (Å²) in [6, 6.07) is 8.30. The number of carbonyl (C=O) groups is 1. The Hall–Kier alpha value is -1.77. The fourth-order valence-electron chi connectivity index (χ4n) is 0.581. The van der Waals surface area contributed by atoms with Crippen LogP contribution in [0.5, 0.6) is 0 Å². The summed E-state index contributed by atoms with van der Waals surface area (Å²) < 4.78 is 0. The Labute approximate surface area is 77.0 Å². The lowest BCUT2D eigenvalue weighted by atomic mass is 10.2. The van der Waals surface area contributed by atoms with Gasteiger partial charge in [0.15, 0.2) is 0 Å². The van der Waals surface area contributed by atoms with E-state index in [-0.39, 0.29) is 5.76 Å². The fraction of sp³-hybridized carbons (Fsp3) is 0.100. The summed E-state index contributed by atoms with van der Waals surface area (Å²) >= 11 is 0. The van der Waals surface area contributed by atoms with E-state index in [4.69, 9.17) is 10.2 Å². The molecule has 70 valence electrons. The van der Waals surface area contributed by atoms with Crippen molar-refractivity contribution in [2.75, 3.05) is 0 Å². The van der Waals surface area contributed by atoms with E-state index in [1.807, 2.05) is 0 Å². The van der Waals surface area contributed by atoms with Gasteiger partial charge in [0, 0.05) is 0 Å². The standard InChI is InChI=1S/C7H6O2.C3H6O/c8-7(9)6-4-2-1-3-5-6;1-3(2)4/h1-5H,(H,8,9);4H,1H2,2H3. The van der Waals surface area contributed by atoms with Crippen molar-refractivity contribution in [3.8, 4) is 0 Å². The van der Waals surface area contributed by atoms with E-state index < -0.39 is 5.97 Å². The normalized spacial score (nSPS) is 8.08. The number of allylic oxidation sites excluding steroid dienone is 1. The Bertz CT molecular complexity index is 273. The number of rotatable bonds is 1. The third-order valence-electron chi connectivity index (χ3n) is 1.02. The van der Waals surface area contributed by atoms with Gasteiger partial charge in [0.05, 0.1) is 11.3 Å². The van der Waals surface area contributed by atoms with Crippen molar-refractivity contribution < 1.29 is 15.0 Å². The van der Waals surface area contributed by atoms with Crippen LogP contribution in [0.1, 0.15) is 17.3 Å². The molecule has 1 aromatic rings. The van der Waals surface area contributed by atoms with E-state index in [0.717, 1.165) is 0 Å². The van der Waals surface area contributed by atoms with Gasteiger partial charge in [0.1, 0.15) is 0 Å². The topological polar surface area (TPSA) is 57.5 Å². The second-order valence-electron chi connectivity index (χ2n) is 2.41. The lowest BCUT2D eigenvalue weighted by Crippen LogP contribution is -1.93. The van der Waals surface area contributed by atoms with Gasteiger partial charge in [-0.2, -0.15) is 0 Å². The maximum Gasteiger partial charge on any atom is 0.335 e. The number of aromatic carboxylic acids is 1. The lowest BCUT2D eigenvalue weighted by molar-refractivity contribution is 0.0697. The first kappa shape index (κ1) is 11.2. The molecule has 1 aromatic carbocycles. The van der Waals surface area contributed by atoms with Gasteiger partial charge in [0.2, 0.25) is 0 Å². The number of hydrogen-bond donors (Lipinski definition) is 2. The second kappa shape index (κ2) is 5.83. The Morgan fingerprint density at radius 2 is 1.62 bits per heavy atom. The molecule has 0 radical (unpaired) electrons. The highest BCUT2D eigenvalue weighted by molar-refractivity contribution is 5.87. The molecule has 13 heavy (non-hydrogen) atoms. The molecular formula is C10H12O3. The predicted octanol–water partition coefficient (Wildman–Crippen LogP) is 2.46. The molecule has 1 rings (SSSR count). The van der Waals surface area contributed by atoms with Gasteiger partial charge in [-0.15, -0.1) is 0 Å². The maximum atomic E-state index is 10.2. The van der Waals surface area contributed by atoms with Crippen LogP contribution in [0, 0.1) is 0 Å². The summed E-state index contributed by atoms with van der Waals surface area (Å²) in [7, 11) is 0. The van der Waals surface area contributed by atoms with Crippen molar-refractivity contribution in [2.45, 2.75) is 6.92 Å². The summed E-state index contributed by atoms with van der Waals surface area (Å²) in [6.45, 7) is 4.64. The van der Waals surface area contributed by atoms with Gasteiger partial charge in [-0.1, -0.05) is 24.8 Å². The highest BCUT2D eigenvalue weighted by Gasteiger charge is 1.96. The van der Waals surface area contributed by atoms with E-state index in [9.17, 15) is 4.79 Å². The Morgan fingerprint density at radius 1 is 1.23 bits per heavy atom. The molecule has 0 saturated heterocycles. The van der Waals surface area contributed by atoms with Gasteiger partial charge in [-0.25, -0.2) is 4.79 Å². The molecule has 3 nitrogen and oxygen atoms in total. The van der Waals surface area contributed by atoms with Gasteiger partial charge in [-0.05, 0) is 19.1 Å². The third kappa shape index (κ3) is 6.62. The summed E-state index contributed by atoms with van der Waals surface area (Å²) in [5.74, 6) is -0.712. The molecule has 0 spiro atoms. The second-order valence-corrected chi connectivity index (χ2v) is 2.41. The van der Waals surface area contributed by atoms with Gasteiger partial charge < -0.3 is 10.2 Å². The van der Waals surface area contributed by atoms with Crippen LogP contribution in [0.2, 0.25) is 0 Å². The Morgan fingerprint density at radius 3 is 1.85 bits per heavy atom. The molecule has 3 heteroatoms. The molecule has 0 aliphatic carbocycles. The van der Waals surface area contributed by atoms with Crippen molar-refractivity contribution >= 4 is 5.97 Å². The van der Waals surface area contributed by atoms with Gasteiger partial charge >= 0.3 is 5.97 Å². The van der Waals surface area contributed by atoms with Gasteiger partial charge in [-0.3, -0.25) is 0 Å². The van der Waals surface area contributed by atoms with E-state index in [1.165, 1.54) is 6.92 Å². The van der Waals surface area contributed by atoms with Crippen LogP contribution < -0.4 is 0 Å². The number of hydrogen-bond acceptors (Lipinski definition) is 2. The molecule has 0 atom stereocenters. The highest BCUT2D eigenvalue weighted by Crippen LogP contribution is 1.96. The summed E-state index contributed by atoms with van der Waals surface area (Å²) in [5.41, 5.74) is 0.331. The molecule has 0 aliphatic rings. The molecule has 0 heterocycles. The molecule has 0 bridgehead atoms. The summed E-state index contributed by atoms with van der Waals surface area (Å²) in [6.07, 6.45) is 0. The Balaban J connectivity index is 0.000000310. The van der Waals surface area contributed by atoms with Crippen LogP contribution in [0.3, 0.4) is 0 Å². The summed E-state index contributed by atoms with van der Waals surface area (Å²) in [5, 5.41) is 16.2. The molecule has 0 aromatic heterocycles. The molecular weight excluding hydrogens is 168 g/mol. The summed E-state index contributed by atoms with van der Waals surface area (Å²) in [4.78, 5) is 10.2. The average Bonchev–Trinajstić information content (AvgIpc) is 2.05. The quantitative estimate of drug-likeness (QED) is 0.652. The van der Waals surface area contributed by atoms with Crippen molar-refractivity contribution in [3.05, 3.63) is 48.2 Å². The molecule has 0 saturated carbocycles. The number of carboxylic acid groups (broad SMARTS) is 1. The maximum absolute atomic E-state index is 10.2. The monoisotopic (exact) mass is 180 g/mol. The van der Waals surface area contributed by atoms with Crippen molar-refractivity contribution in [3.63, 3.8) is 0 Å². The molecule has 0 fully saturated rings. The van der Waals surface area contributed by atoms with Crippen LogP contribution in [0.25, 0.3) is 0 Å². The van der Waals surface area contributed by atoms with Crippen LogP contribution >= 0.6 is 0 Å². The van der Waals surface area contributed by atoms with Crippen LogP contribution in [0.4, 0.5) is 0 Å². The average molecular weight is 180 g/mol. The minimum absolute atomic E-state index is 0.167. The third-order valence-corrected chi connectivity index (χ3v) is 1.02. The zero-order valence-electron chi connectivity index (χ0n) is 7.40. The first-order valence-electron chi connectivity index (χ1n) is 3.67. The molecule has 2 N–H and O–H groups in total. The number of aliphatic hydroxyl groups is 1. The number of benzene rings is 1. The minimum Gasteiger partial charge on any atom is -0.513 e. The van der Waals surface area contributed by atoms with E-state index in [0.29, 0.717) is 5.56 Å². The largest absolute Gasteiger partial charge is 0.513 e. The van der Waals surface area contributed by atoms with Gasteiger partial charge in [0.25, 0.3) is 0 Å². The smallest absolute Gasteiger partial charge is 0.335 e. The zero-order valence-corrected chi connectivity index (χ0v) is 7.40. The van der Waals surface area contributed by atoms with E-state index in [1.54, 1.807) is 30.3 Å². The zero-order chi connectivity index (χ0) is 10.3. The van der Waals surface area contributed by atoms with Crippen molar-refractivity contribution in [1.82, 2.24) is 0 Å². The van der Waals surface area contributed by atoms with E-state index in [2.05, 4.69) is 6.58 Å². The van der Waals surface area contributed by atoms with Crippen LogP contribution in [-0.2, 0) is 0 Å². The Kier molecular flexibility index (Phi) is 5.03. The minimum atomic E-state index is -0.879. The van der Waals surface area contributed by atoms with Crippen LogP contribution in [0.15, 0.2) is 42.7 Å². The molecule has 0 amide bonds. The molecule has 0 aliphatic heterocycles. The highest BCUT2D eigenvalue weighted by atomic mass is 16.4. The fourth-order valence-corrected chi connectivity index (χ4v) is 0.581. The first-order valence-corrected chi connectivity index (χ1v) is 3.67. The first-order chi connectivity index (χ1) is 6.04. The van der Waals surface area contributed by atoms with Crippen LogP contribution in [-0.4, -0.2) is 16.2 Å². The SMILES string of the molecule is C=C(C)O.O=C(O)c1ccccc1. The van der Waals surface area contributed by atoms with E-state index >= 15 is 0 Å². The number of carboxylic acids is 1.